The lowest BCUT2D eigenvalue weighted by Gasteiger charge is -2.28. The first-order valence-electron chi connectivity index (χ1n) is 20.4. The van der Waals surface area contributed by atoms with Gasteiger partial charge in [0.1, 0.15) is 17.3 Å². The van der Waals surface area contributed by atoms with Crippen molar-refractivity contribution >= 4 is 17.3 Å². The second kappa shape index (κ2) is 18.6. The highest BCUT2D eigenvalue weighted by Gasteiger charge is 2.27. The third kappa shape index (κ3) is 10.1. The van der Waals surface area contributed by atoms with Gasteiger partial charge < -0.3 is 0 Å². The van der Waals surface area contributed by atoms with Gasteiger partial charge in [0, 0.05) is 37.5 Å². The van der Waals surface area contributed by atoms with Crippen LogP contribution in [0.4, 0.5) is 0 Å². The minimum absolute atomic E-state index is 0.282. The van der Waals surface area contributed by atoms with E-state index in [1.807, 2.05) is 13.8 Å². The molecule has 0 heterocycles. The summed E-state index contributed by atoms with van der Waals surface area (Å²) in [5.74, 6) is 2.95. The Hall–Kier alpha value is -4.11. The maximum atomic E-state index is 12.7. The Kier molecular flexibility index (Phi) is 13.5. The fraction of sp³-hybridized carbons (Fsp3) is 0.449. The molecule has 4 aromatic rings. The Bertz CT molecular complexity index is 1600. The number of ketones is 3. The molecule has 2 aliphatic carbocycles. The Balaban J connectivity index is 0.873. The molecule has 0 amide bonds. The van der Waals surface area contributed by atoms with Crippen LogP contribution < -0.4 is 0 Å². The van der Waals surface area contributed by atoms with Crippen LogP contribution in [0, 0.1) is 11.8 Å². The highest BCUT2D eigenvalue weighted by molar-refractivity contribution is 5.81. The zero-order valence-corrected chi connectivity index (χ0v) is 31.6. The lowest BCUT2D eigenvalue weighted by atomic mass is 9.76. The van der Waals surface area contributed by atoms with Gasteiger partial charge in [0.05, 0.1) is 0 Å². The Labute approximate surface area is 312 Å². The lowest BCUT2D eigenvalue weighted by molar-refractivity contribution is -0.124. The summed E-state index contributed by atoms with van der Waals surface area (Å²) in [5.41, 5.74) is 10.3. The number of rotatable bonds is 16. The monoisotopic (exact) mass is 694 g/mol. The van der Waals surface area contributed by atoms with E-state index in [0.717, 1.165) is 77.0 Å². The fourth-order valence-corrected chi connectivity index (χ4v) is 8.80. The van der Waals surface area contributed by atoms with E-state index in [4.69, 9.17) is 0 Å². The zero-order chi connectivity index (χ0) is 36.3. The maximum absolute atomic E-state index is 12.7. The number of aryl methyl sites for hydroxylation is 2. The molecule has 0 spiro atoms. The highest BCUT2D eigenvalue weighted by atomic mass is 16.1. The van der Waals surface area contributed by atoms with Gasteiger partial charge >= 0.3 is 0 Å². The van der Waals surface area contributed by atoms with E-state index in [2.05, 4.69) is 97.1 Å². The Morgan fingerprint density at radius 3 is 1.06 bits per heavy atom. The van der Waals surface area contributed by atoms with E-state index >= 15 is 0 Å². The third-order valence-electron chi connectivity index (χ3n) is 12.2. The van der Waals surface area contributed by atoms with Crippen molar-refractivity contribution in [2.45, 2.75) is 128 Å². The van der Waals surface area contributed by atoms with Gasteiger partial charge in [-0.15, -0.1) is 0 Å². The first kappa shape index (κ1) is 37.6. The predicted octanol–water partition coefficient (Wildman–Crippen LogP) is 12.4. The van der Waals surface area contributed by atoms with Gasteiger partial charge in [0.25, 0.3) is 0 Å². The first-order valence-corrected chi connectivity index (χ1v) is 20.4. The molecular formula is C49H58O3. The number of benzene rings is 4. The first-order chi connectivity index (χ1) is 25.4. The summed E-state index contributed by atoms with van der Waals surface area (Å²) in [5, 5.41) is 0. The van der Waals surface area contributed by atoms with Crippen molar-refractivity contribution in [3.63, 3.8) is 0 Å². The number of Topliss-reactive ketones (excluding diaryl/α,β-unsaturated/α-hetero) is 3. The van der Waals surface area contributed by atoms with E-state index in [1.165, 1.54) is 44.5 Å². The molecule has 0 atom stereocenters. The summed E-state index contributed by atoms with van der Waals surface area (Å²) in [6, 6.07) is 35.8. The van der Waals surface area contributed by atoms with Gasteiger partial charge in [-0.05, 0) is 133 Å². The zero-order valence-electron chi connectivity index (χ0n) is 31.6. The normalized spacial score (nSPS) is 20.3. The van der Waals surface area contributed by atoms with Crippen molar-refractivity contribution in [1.82, 2.24) is 0 Å². The van der Waals surface area contributed by atoms with Crippen LogP contribution in [-0.4, -0.2) is 17.3 Å². The summed E-state index contributed by atoms with van der Waals surface area (Å²) >= 11 is 0. The van der Waals surface area contributed by atoms with E-state index in [-0.39, 0.29) is 11.8 Å². The van der Waals surface area contributed by atoms with Crippen LogP contribution in [0.2, 0.25) is 0 Å². The lowest BCUT2D eigenvalue weighted by Crippen LogP contribution is -2.20. The third-order valence-corrected chi connectivity index (χ3v) is 12.2. The van der Waals surface area contributed by atoms with Crippen LogP contribution in [0.25, 0.3) is 22.3 Å². The van der Waals surface area contributed by atoms with E-state index < -0.39 is 0 Å². The van der Waals surface area contributed by atoms with Crippen LogP contribution in [-0.2, 0) is 27.2 Å². The quantitative estimate of drug-likeness (QED) is 0.117. The number of carbonyl (C=O) groups excluding carboxylic acids is 3. The molecule has 0 bridgehead atoms. The van der Waals surface area contributed by atoms with Crippen LogP contribution in [0.1, 0.15) is 138 Å². The fourth-order valence-electron chi connectivity index (χ4n) is 8.80. The summed E-state index contributed by atoms with van der Waals surface area (Å²) in [4.78, 5) is 36.8. The van der Waals surface area contributed by atoms with Crippen LogP contribution in [0.5, 0.6) is 0 Å². The molecule has 0 aliphatic heterocycles. The minimum atomic E-state index is 0.282. The second-order valence-corrected chi connectivity index (χ2v) is 15.6. The van der Waals surface area contributed by atoms with Crippen molar-refractivity contribution in [3.8, 4) is 22.3 Å². The number of hydrogen-bond donors (Lipinski definition) is 0. The van der Waals surface area contributed by atoms with Crippen molar-refractivity contribution in [2.75, 3.05) is 0 Å². The van der Waals surface area contributed by atoms with Gasteiger partial charge in [-0.2, -0.15) is 0 Å². The standard InChI is InChI=1S/C49H58O3/c1-3-48(51)45-31-27-43(28-32-45)41-23-19-39(20-24-41)37-15-11-35(12-16-37)7-5-9-47(50)10-6-8-36-13-17-38(18-14-36)40-21-25-42(26-22-40)44-29-33-46(34-30-44)49(52)4-2/h11-26,43-46H,3-10,27-34H2,1-2H3. The molecule has 3 heteroatoms. The molecule has 52 heavy (non-hydrogen) atoms. The molecule has 2 fully saturated rings. The molecule has 3 nitrogen and oxygen atoms in total. The van der Waals surface area contributed by atoms with Gasteiger partial charge in [-0.1, -0.05) is 111 Å². The number of carbonyl (C=O) groups is 3. The van der Waals surface area contributed by atoms with Crippen molar-refractivity contribution in [2.24, 2.45) is 11.8 Å². The summed E-state index contributed by atoms with van der Waals surface area (Å²) in [6.07, 6.45) is 14.9. The smallest absolute Gasteiger partial charge is 0.135 e. The summed E-state index contributed by atoms with van der Waals surface area (Å²) < 4.78 is 0. The summed E-state index contributed by atoms with van der Waals surface area (Å²) in [7, 11) is 0. The molecule has 2 saturated carbocycles. The molecule has 272 valence electrons. The Morgan fingerprint density at radius 1 is 0.442 bits per heavy atom. The maximum Gasteiger partial charge on any atom is 0.135 e. The van der Waals surface area contributed by atoms with Gasteiger partial charge in [0.15, 0.2) is 0 Å². The molecule has 6 rings (SSSR count). The SMILES string of the molecule is CCC(=O)C1CCC(c2ccc(-c3ccc(CCCC(=O)CCCc4ccc(-c5ccc(C6CCC(C(=O)CC)CC6)cc5)cc4)cc3)cc2)CC1. The molecule has 0 radical (unpaired) electrons. The van der Waals surface area contributed by atoms with Gasteiger partial charge in [-0.3, -0.25) is 14.4 Å². The molecule has 0 N–H and O–H groups in total. The van der Waals surface area contributed by atoms with Crippen molar-refractivity contribution in [3.05, 3.63) is 119 Å². The highest BCUT2D eigenvalue weighted by Crippen LogP contribution is 2.38. The minimum Gasteiger partial charge on any atom is -0.300 e. The average Bonchev–Trinajstić information content (AvgIpc) is 3.21. The molecule has 0 saturated heterocycles. The van der Waals surface area contributed by atoms with E-state index in [1.54, 1.807) is 0 Å². The average molecular weight is 695 g/mol. The molecule has 0 aromatic heterocycles. The van der Waals surface area contributed by atoms with Gasteiger partial charge in [-0.25, -0.2) is 0 Å². The van der Waals surface area contributed by atoms with Crippen LogP contribution >= 0.6 is 0 Å². The van der Waals surface area contributed by atoms with Crippen LogP contribution in [0.3, 0.4) is 0 Å². The van der Waals surface area contributed by atoms with E-state index in [9.17, 15) is 14.4 Å². The molecular weight excluding hydrogens is 637 g/mol. The second-order valence-electron chi connectivity index (χ2n) is 15.6. The largest absolute Gasteiger partial charge is 0.300 e. The van der Waals surface area contributed by atoms with Gasteiger partial charge in [0.2, 0.25) is 0 Å². The predicted molar refractivity (Wildman–Crippen MR) is 215 cm³/mol. The molecule has 2 aliphatic rings. The molecule has 4 aromatic carbocycles. The van der Waals surface area contributed by atoms with E-state index in [0.29, 0.717) is 54.9 Å². The van der Waals surface area contributed by atoms with Crippen LogP contribution in [0.15, 0.2) is 97.1 Å². The molecule has 0 unspecified atom stereocenters. The Morgan fingerprint density at radius 2 is 0.750 bits per heavy atom. The van der Waals surface area contributed by atoms with Crippen molar-refractivity contribution in [1.29, 1.82) is 0 Å². The summed E-state index contributed by atoms with van der Waals surface area (Å²) in [6.45, 7) is 3.97. The number of hydrogen-bond acceptors (Lipinski definition) is 3. The van der Waals surface area contributed by atoms with Crippen molar-refractivity contribution < 1.29 is 14.4 Å². The topological polar surface area (TPSA) is 51.2 Å².